The van der Waals surface area contributed by atoms with E-state index in [4.69, 9.17) is 15.0 Å². The first-order valence-corrected chi connectivity index (χ1v) is 13.1. The SMILES string of the molecule is CC(C)N(CCNc1nc(NC2CCC(O)CC2)nc2c1ncn2C1CCCCC1)C(C)C. The van der Waals surface area contributed by atoms with Gasteiger partial charge >= 0.3 is 0 Å². The second-order valence-electron chi connectivity index (χ2n) is 10.5. The summed E-state index contributed by atoms with van der Waals surface area (Å²) >= 11 is 0. The van der Waals surface area contributed by atoms with Crippen LogP contribution in [0, 0.1) is 0 Å². The second-order valence-corrected chi connectivity index (χ2v) is 10.5. The third-order valence-electron chi connectivity index (χ3n) is 7.41. The van der Waals surface area contributed by atoms with Crippen molar-refractivity contribution in [1.29, 1.82) is 0 Å². The molecular weight excluding hydrogens is 414 g/mol. The van der Waals surface area contributed by atoms with E-state index in [1.165, 1.54) is 32.1 Å². The molecule has 0 amide bonds. The summed E-state index contributed by atoms with van der Waals surface area (Å²) in [5, 5.41) is 17.0. The van der Waals surface area contributed by atoms with E-state index in [0.29, 0.717) is 30.1 Å². The van der Waals surface area contributed by atoms with Gasteiger partial charge in [-0.15, -0.1) is 0 Å². The Morgan fingerprint density at radius 1 is 1.00 bits per heavy atom. The number of hydrogen-bond acceptors (Lipinski definition) is 7. The van der Waals surface area contributed by atoms with Gasteiger partial charge in [-0.2, -0.15) is 9.97 Å². The van der Waals surface area contributed by atoms with Gasteiger partial charge in [0.05, 0.1) is 12.4 Å². The molecule has 33 heavy (non-hydrogen) atoms. The van der Waals surface area contributed by atoms with E-state index >= 15 is 0 Å². The van der Waals surface area contributed by atoms with Crippen molar-refractivity contribution in [1.82, 2.24) is 24.4 Å². The molecule has 2 fully saturated rings. The molecule has 0 atom stereocenters. The number of nitrogens with zero attached hydrogens (tertiary/aromatic N) is 5. The largest absolute Gasteiger partial charge is 0.393 e. The lowest BCUT2D eigenvalue weighted by Crippen LogP contribution is -2.40. The molecule has 8 heteroatoms. The molecule has 0 aromatic carbocycles. The van der Waals surface area contributed by atoms with Gasteiger partial charge in [0.2, 0.25) is 5.95 Å². The molecule has 184 valence electrons. The number of nitrogens with one attached hydrogen (secondary N) is 2. The molecule has 0 unspecified atom stereocenters. The lowest BCUT2D eigenvalue weighted by molar-refractivity contribution is 0.126. The van der Waals surface area contributed by atoms with Crippen molar-refractivity contribution >= 4 is 22.9 Å². The Morgan fingerprint density at radius 3 is 2.36 bits per heavy atom. The summed E-state index contributed by atoms with van der Waals surface area (Å²) in [4.78, 5) is 17.1. The second kappa shape index (κ2) is 11.0. The van der Waals surface area contributed by atoms with Crippen LogP contribution in [-0.4, -0.2) is 66.8 Å². The standard InChI is InChI=1S/C25H43N7O/c1-17(2)31(18(3)4)15-14-26-23-22-24(32(16-27-22)20-8-6-5-7-9-20)30-25(29-23)28-19-10-12-21(33)13-11-19/h16-21,33H,5-15H2,1-4H3,(H2,26,28,29,30). The quantitative estimate of drug-likeness (QED) is 0.508. The smallest absolute Gasteiger partial charge is 0.227 e. The normalized spacial score (nSPS) is 22.5. The predicted molar refractivity (Wildman–Crippen MR) is 135 cm³/mol. The molecule has 2 aliphatic rings. The van der Waals surface area contributed by atoms with Crippen molar-refractivity contribution in [3.05, 3.63) is 6.33 Å². The highest BCUT2D eigenvalue weighted by Crippen LogP contribution is 2.32. The van der Waals surface area contributed by atoms with Gasteiger partial charge in [0.1, 0.15) is 0 Å². The van der Waals surface area contributed by atoms with Gasteiger partial charge in [-0.3, -0.25) is 4.90 Å². The van der Waals surface area contributed by atoms with E-state index < -0.39 is 0 Å². The van der Waals surface area contributed by atoms with E-state index in [1.54, 1.807) is 0 Å². The molecule has 4 rings (SSSR count). The number of fused-ring (bicyclic) bond motifs is 1. The molecule has 0 aliphatic heterocycles. The van der Waals surface area contributed by atoms with Gasteiger partial charge in [0.15, 0.2) is 17.0 Å². The molecular formula is C25H43N7O. The van der Waals surface area contributed by atoms with E-state index in [0.717, 1.165) is 55.8 Å². The number of hydrogen-bond donors (Lipinski definition) is 3. The maximum atomic E-state index is 9.87. The van der Waals surface area contributed by atoms with Crippen LogP contribution in [0.5, 0.6) is 0 Å². The fourth-order valence-electron chi connectivity index (χ4n) is 5.55. The van der Waals surface area contributed by atoms with E-state index in [1.807, 2.05) is 6.33 Å². The highest BCUT2D eigenvalue weighted by Gasteiger charge is 2.24. The molecule has 3 N–H and O–H groups in total. The molecule has 0 bridgehead atoms. The van der Waals surface area contributed by atoms with E-state index in [9.17, 15) is 5.11 Å². The van der Waals surface area contributed by atoms with Crippen molar-refractivity contribution in [3.8, 4) is 0 Å². The molecule has 2 aromatic rings. The summed E-state index contributed by atoms with van der Waals surface area (Å²) in [7, 11) is 0. The summed E-state index contributed by atoms with van der Waals surface area (Å²) in [5.41, 5.74) is 1.80. The highest BCUT2D eigenvalue weighted by atomic mass is 16.3. The van der Waals surface area contributed by atoms with Crippen LogP contribution < -0.4 is 10.6 Å². The summed E-state index contributed by atoms with van der Waals surface area (Å²) in [6, 6.07) is 1.78. The molecule has 2 aromatic heterocycles. The lowest BCUT2D eigenvalue weighted by atomic mass is 9.93. The minimum Gasteiger partial charge on any atom is -0.393 e. The Hall–Kier alpha value is -1.93. The van der Waals surface area contributed by atoms with Crippen LogP contribution in [0.4, 0.5) is 11.8 Å². The van der Waals surface area contributed by atoms with Gasteiger partial charge < -0.3 is 20.3 Å². The number of rotatable bonds is 9. The third kappa shape index (κ3) is 5.96. The number of aromatic nitrogens is 4. The topological polar surface area (TPSA) is 91.1 Å². The van der Waals surface area contributed by atoms with Crippen LogP contribution >= 0.6 is 0 Å². The fraction of sp³-hybridized carbons (Fsp3) is 0.800. The van der Waals surface area contributed by atoms with Crippen LogP contribution in [0.3, 0.4) is 0 Å². The van der Waals surface area contributed by atoms with Crippen LogP contribution in [0.2, 0.25) is 0 Å². The van der Waals surface area contributed by atoms with Gasteiger partial charge in [-0.1, -0.05) is 19.3 Å². The Balaban J connectivity index is 1.57. The molecule has 0 saturated heterocycles. The average molecular weight is 458 g/mol. The zero-order valence-corrected chi connectivity index (χ0v) is 20.9. The Morgan fingerprint density at radius 2 is 1.70 bits per heavy atom. The zero-order valence-electron chi connectivity index (χ0n) is 20.9. The number of anilines is 2. The van der Waals surface area contributed by atoms with Crippen LogP contribution in [0.15, 0.2) is 6.33 Å². The minimum atomic E-state index is -0.165. The molecule has 2 aliphatic carbocycles. The van der Waals surface area contributed by atoms with Crippen molar-refractivity contribution in [3.63, 3.8) is 0 Å². The lowest BCUT2D eigenvalue weighted by Gasteiger charge is -2.30. The summed E-state index contributed by atoms with van der Waals surface area (Å²) in [5.74, 6) is 1.49. The highest BCUT2D eigenvalue weighted by molar-refractivity contribution is 5.84. The Bertz CT molecular complexity index is 874. The summed E-state index contributed by atoms with van der Waals surface area (Å²) in [6.45, 7) is 10.8. The van der Waals surface area contributed by atoms with Gasteiger partial charge in [-0.05, 0) is 66.2 Å². The molecule has 0 spiro atoms. The van der Waals surface area contributed by atoms with Gasteiger partial charge in [-0.25, -0.2) is 4.98 Å². The van der Waals surface area contributed by atoms with Gasteiger partial charge in [0, 0.05) is 37.3 Å². The third-order valence-corrected chi connectivity index (χ3v) is 7.41. The number of imidazole rings is 1. The predicted octanol–water partition coefficient (Wildman–Crippen LogP) is 4.58. The van der Waals surface area contributed by atoms with Crippen molar-refractivity contribution < 1.29 is 5.11 Å². The fourth-order valence-corrected chi connectivity index (χ4v) is 5.55. The molecule has 8 nitrogen and oxygen atoms in total. The first-order chi connectivity index (χ1) is 15.9. The monoisotopic (exact) mass is 457 g/mol. The van der Waals surface area contributed by atoms with Crippen molar-refractivity contribution in [2.45, 2.75) is 116 Å². The van der Waals surface area contributed by atoms with Crippen LogP contribution in [0.25, 0.3) is 11.2 Å². The molecule has 2 heterocycles. The van der Waals surface area contributed by atoms with Crippen LogP contribution in [0.1, 0.15) is 91.5 Å². The zero-order chi connectivity index (χ0) is 23.4. The Labute approximate surface area is 198 Å². The summed E-state index contributed by atoms with van der Waals surface area (Å²) in [6.07, 6.45) is 11.6. The first kappa shape index (κ1) is 24.2. The Kier molecular flexibility index (Phi) is 8.07. The summed E-state index contributed by atoms with van der Waals surface area (Å²) < 4.78 is 2.28. The van der Waals surface area contributed by atoms with Crippen molar-refractivity contribution in [2.75, 3.05) is 23.7 Å². The van der Waals surface area contributed by atoms with Gasteiger partial charge in [0.25, 0.3) is 0 Å². The molecule has 2 saturated carbocycles. The molecule has 0 radical (unpaired) electrons. The van der Waals surface area contributed by atoms with Crippen molar-refractivity contribution in [2.24, 2.45) is 0 Å². The minimum absolute atomic E-state index is 0.165. The van der Waals surface area contributed by atoms with Crippen LogP contribution in [-0.2, 0) is 0 Å². The number of aliphatic hydroxyl groups is 1. The van der Waals surface area contributed by atoms with E-state index in [2.05, 4.69) is 47.8 Å². The first-order valence-electron chi connectivity index (χ1n) is 13.1. The van der Waals surface area contributed by atoms with E-state index in [-0.39, 0.29) is 6.10 Å². The maximum absolute atomic E-state index is 9.87. The number of aliphatic hydroxyl groups excluding tert-OH is 1. The average Bonchev–Trinajstić information content (AvgIpc) is 3.22. The maximum Gasteiger partial charge on any atom is 0.227 e.